The summed E-state index contributed by atoms with van der Waals surface area (Å²) in [5.74, 6) is 0.514. The van der Waals surface area contributed by atoms with Crippen LogP contribution >= 0.6 is 0 Å². The lowest BCUT2D eigenvalue weighted by Gasteiger charge is -2.39. The Morgan fingerprint density at radius 3 is 2.93 bits per heavy atom. The SMILES string of the molecule is Fc1ccc(OCCCN2CC[NH+]3C(C2)c2cccc4c2N3CCN4)cc1. The Labute approximate surface area is 159 Å². The van der Waals surface area contributed by atoms with Crippen LogP contribution in [-0.4, -0.2) is 50.8 Å². The number of hydrogen-bond donors (Lipinski definition) is 2. The molecule has 5 nitrogen and oxygen atoms in total. The van der Waals surface area contributed by atoms with Gasteiger partial charge in [0.15, 0.2) is 6.04 Å². The maximum Gasteiger partial charge on any atom is 0.151 e. The third-order valence-electron chi connectivity index (χ3n) is 5.94. The van der Waals surface area contributed by atoms with Gasteiger partial charge in [-0.25, -0.2) is 14.4 Å². The van der Waals surface area contributed by atoms with E-state index in [9.17, 15) is 4.39 Å². The highest BCUT2D eigenvalue weighted by Gasteiger charge is 2.46. The molecule has 2 N–H and O–H groups in total. The van der Waals surface area contributed by atoms with Crippen molar-refractivity contribution < 1.29 is 14.1 Å². The minimum absolute atomic E-state index is 0.226. The van der Waals surface area contributed by atoms with Gasteiger partial charge < -0.3 is 10.1 Å². The normalized spacial score (nSPS) is 23.5. The third-order valence-corrected chi connectivity index (χ3v) is 5.94. The second kappa shape index (κ2) is 7.02. The molecule has 3 heterocycles. The number of piperazine rings is 1. The van der Waals surface area contributed by atoms with E-state index in [1.165, 1.54) is 29.1 Å². The van der Waals surface area contributed by atoms with Crippen molar-refractivity contribution in [3.63, 3.8) is 0 Å². The molecule has 0 radical (unpaired) electrons. The van der Waals surface area contributed by atoms with E-state index >= 15 is 0 Å². The first-order chi connectivity index (χ1) is 13.3. The molecule has 2 aromatic carbocycles. The van der Waals surface area contributed by atoms with Crippen LogP contribution in [0.1, 0.15) is 18.0 Å². The van der Waals surface area contributed by atoms with Crippen LogP contribution in [0.2, 0.25) is 0 Å². The second-order valence-corrected chi connectivity index (χ2v) is 7.57. The zero-order valence-corrected chi connectivity index (χ0v) is 15.5. The molecule has 1 saturated heterocycles. The minimum Gasteiger partial charge on any atom is -0.494 e. The molecule has 6 heteroatoms. The van der Waals surface area contributed by atoms with E-state index < -0.39 is 0 Å². The Morgan fingerprint density at radius 2 is 2.04 bits per heavy atom. The molecule has 5 rings (SSSR count). The summed E-state index contributed by atoms with van der Waals surface area (Å²) in [6.07, 6.45) is 0.984. The number of rotatable bonds is 5. The lowest BCUT2D eigenvalue weighted by atomic mass is 10.0. The average Bonchev–Trinajstić information content (AvgIpc) is 3.02. The number of anilines is 2. The van der Waals surface area contributed by atoms with Gasteiger partial charge in [-0.15, -0.1) is 0 Å². The van der Waals surface area contributed by atoms with Crippen molar-refractivity contribution in [1.82, 2.24) is 4.90 Å². The van der Waals surface area contributed by atoms with Gasteiger partial charge in [-0.1, -0.05) is 12.1 Å². The van der Waals surface area contributed by atoms with E-state index in [1.807, 2.05) is 0 Å². The van der Waals surface area contributed by atoms with Gasteiger partial charge in [-0.05, 0) is 36.8 Å². The van der Waals surface area contributed by atoms with Crippen LogP contribution in [0.3, 0.4) is 0 Å². The van der Waals surface area contributed by atoms with Crippen molar-refractivity contribution >= 4 is 11.4 Å². The summed E-state index contributed by atoms with van der Waals surface area (Å²) in [6, 6.07) is 13.5. The molecule has 0 aromatic heterocycles. The zero-order chi connectivity index (χ0) is 18.2. The first-order valence-electron chi connectivity index (χ1n) is 9.90. The molecule has 142 valence electrons. The lowest BCUT2D eigenvalue weighted by molar-refractivity contribution is -0.938. The van der Waals surface area contributed by atoms with Crippen LogP contribution in [0.25, 0.3) is 0 Å². The summed E-state index contributed by atoms with van der Waals surface area (Å²) in [5, 5.41) is 7.73. The molecule has 1 fully saturated rings. The van der Waals surface area contributed by atoms with Gasteiger partial charge in [0.25, 0.3) is 0 Å². The van der Waals surface area contributed by atoms with E-state index in [-0.39, 0.29) is 5.82 Å². The molecule has 0 aliphatic carbocycles. The van der Waals surface area contributed by atoms with Gasteiger partial charge in [0.2, 0.25) is 0 Å². The fraction of sp³-hybridized carbons (Fsp3) is 0.429. The van der Waals surface area contributed by atoms with Crippen molar-refractivity contribution in [3.05, 3.63) is 53.8 Å². The van der Waals surface area contributed by atoms with E-state index in [0.717, 1.165) is 51.4 Å². The Balaban J connectivity index is 1.18. The quantitative estimate of drug-likeness (QED) is 0.786. The van der Waals surface area contributed by atoms with Gasteiger partial charge in [-0.2, -0.15) is 0 Å². The van der Waals surface area contributed by atoms with E-state index in [2.05, 4.69) is 33.4 Å². The van der Waals surface area contributed by atoms with Crippen molar-refractivity contribution in [2.24, 2.45) is 0 Å². The molecule has 3 aliphatic heterocycles. The van der Waals surface area contributed by atoms with Gasteiger partial charge in [0.05, 0.1) is 31.9 Å². The van der Waals surface area contributed by atoms with Crippen LogP contribution in [-0.2, 0) is 0 Å². The molecule has 0 saturated carbocycles. The average molecular weight is 369 g/mol. The molecule has 0 bridgehead atoms. The maximum absolute atomic E-state index is 12.9. The maximum atomic E-state index is 12.9. The summed E-state index contributed by atoms with van der Waals surface area (Å²) in [4.78, 5) is 2.56. The van der Waals surface area contributed by atoms with Gasteiger partial charge in [-0.3, -0.25) is 4.90 Å². The minimum atomic E-state index is -0.226. The second-order valence-electron chi connectivity index (χ2n) is 7.57. The molecule has 27 heavy (non-hydrogen) atoms. The molecule has 3 aliphatic rings. The predicted octanol–water partition coefficient (Wildman–Crippen LogP) is 1.70. The highest BCUT2D eigenvalue weighted by atomic mass is 19.1. The summed E-state index contributed by atoms with van der Waals surface area (Å²) in [5.41, 5.74) is 4.20. The van der Waals surface area contributed by atoms with E-state index in [0.29, 0.717) is 12.6 Å². The highest BCUT2D eigenvalue weighted by molar-refractivity contribution is 5.76. The number of para-hydroxylation sites is 1. The third kappa shape index (κ3) is 3.13. The van der Waals surface area contributed by atoms with E-state index in [4.69, 9.17) is 4.74 Å². The van der Waals surface area contributed by atoms with Gasteiger partial charge in [0, 0.05) is 18.7 Å². The molecular formula is C21H26FN4O+. The predicted molar refractivity (Wildman–Crippen MR) is 104 cm³/mol. The molecule has 0 spiro atoms. The van der Waals surface area contributed by atoms with Crippen LogP contribution in [0, 0.1) is 5.82 Å². The fourth-order valence-corrected chi connectivity index (χ4v) is 4.70. The number of hydrogen-bond acceptors (Lipinski definition) is 4. The molecule has 2 aromatic rings. The van der Waals surface area contributed by atoms with Crippen LogP contribution in [0.15, 0.2) is 42.5 Å². The molecule has 2 unspecified atom stereocenters. The number of halogens is 1. The van der Waals surface area contributed by atoms with Crippen LogP contribution in [0.5, 0.6) is 5.75 Å². The highest BCUT2D eigenvalue weighted by Crippen LogP contribution is 2.38. The first kappa shape index (κ1) is 16.8. The number of nitrogens with one attached hydrogen (secondary N) is 2. The Kier molecular flexibility index (Phi) is 4.38. The van der Waals surface area contributed by atoms with Crippen molar-refractivity contribution in [3.8, 4) is 5.75 Å². The monoisotopic (exact) mass is 369 g/mol. The standard InChI is InChI=1S/C21H25FN4O/c22-16-5-7-17(8-6-16)27-14-2-10-24-12-13-25-20(15-24)18-3-1-4-19-21(18)26(25)11-9-23-19/h1,3-8,20,23H,2,9-15H2/p+1. The number of ether oxygens (including phenoxy) is 1. The lowest BCUT2D eigenvalue weighted by Crippen LogP contribution is -3.20. The first-order valence-corrected chi connectivity index (χ1v) is 9.90. The van der Waals surface area contributed by atoms with Crippen molar-refractivity contribution in [1.29, 1.82) is 0 Å². The number of quaternary nitrogens is 1. The smallest absolute Gasteiger partial charge is 0.151 e. The van der Waals surface area contributed by atoms with Crippen molar-refractivity contribution in [2.45, 2.75) is 12.5 Å². The zero-order valence-electron chi connectivity index (χ0n) is 15.5. The Bertz CT molecular complexity index is 812. The van der Waals surface area contributed by atoms with Crippen LogP contribution in [0.4, 0.5) is 15.8 Å². The van der Waals surface area contributed by atoms with Gasteiger partial charge in [0.1, 0.15) is 23.8 Å². The van der Waals surface area contributed by atoms with Gasteiger partial charge >= 0.3 is 0 Å². The molecule has 0 amide bonds. The number of nitrogens with zero attached hydrogens (tertiary/aromatic N) is 2. The summed E-state index contributed by atoms with van der Waals surface area (Å²) in [6.45, 7) is 7.18. The van der Waals surface area contributed by atoms with Crippen LogP contribution < -0.4 is 20.1 Å². The van der Waals surface area contributed by atoms with Crippen molar-refractivity contribution in [2.75, 3.05) is 56.2 Å². The Morgan fingerprint density at radius 1 is 1.15 bits per heavy atom. The Hall–Kier alpha value is -2.31. The fourth-order valence-electron chi connectivity index (χ4n) is 4.70. The topological polar surface area (TPSA) is 32.2 Å². The summed E-state index contributed by atoms with van der Waals surface area (Å²) in [7, 11) is 0. The largest absolute Gasteiger partial charge is 0.494 e. The molecular weight excluding hydrogens is 343 g/mol. The van der Waals surface area contributed by atoms with E-state index in [1.54, 1.807) is 17.1 Å². The number of fused-ring (bicyclic) bond motifs is 3. The number of benzene rings is 2. The summed E-state index contributed by atoms with van der Waals surface area (Å²) < 4.78 is 18.7. The summed E-state index contributed by atoms with van der Waals surface area (Å²) >= 11 is 0. The molecule has 2 atom stereocenters.